The van der Waals surface area contributed by atoms with E-state index < -0.39 is 0 Å². The van der Waals surface area contributed by atoms with E-state index in [9.17, 15) is 4.39 Å². The number of rotatable bonds is 5. The molecule has 0 aromatic heterocycles. The van der Waals surface area contributed by atoms with Crippen LogP contribution in [0, 0.1) is 5.82 Å². The van der Waals surface area contributed by atoms with Crippen molar-refractivity contribution in [3.63, 3.8) is 0 Å². The van der Waals surface area contributed by atoms with Crippen molar-refractivity contribution in [3.8, 4) is 0 Å². The predicted octanol–water partition coefficient (Wildman–Crippen LogP) is 2.93. The molecule has 1 N–H and O–H groups in total. The maximum atomic E-state index is 13.0. The van der Waals surface area contributed by atoms with E-state index in [1.807, 2.05) is 13.1 Å². The standard InChI is InChI=1S/C12H18FN/c1-3-10(7-8-14-2)11-5-4-6-12(13)9-11/h4-6,9-10,14H,3,7-8H2,1-2H3. The highest BCUT2D eigenvalue weighted by atomic mass is 19.1. The molecule has 1 unspecified atom stereocenters. The number of hydrogen-bond donors (Lipinski definition) is 1. The van der Waals surface area contributed by atoms with Crippen LogP contribution < -0.4 is 5.32 Å². The summed E-state index contributed by atoms with van der Waals surface area (Å²) in [5.74, 6) is 0.337. The fourth-order valence-electron chi connectivity index (χ4n) is 1.69. The van der Waals surface area contributed by atoms with Crippen LogP contribution in [0.3, 0.4) is 0 Å². The van der Waals surface area contributed by atoms with Crippen LogP contribution in [0.1, 0.15) is 31.2 Å². The summed E-state index contributed by atoms with van der Waals surface area (Å²) in [6.07, 6.45) is 2.13. The van der Waals surface area contributed by atoms with Crippen LogP contribution in [0.4, 0.5) is 4.39 Å². The molecule has 0 fully saturated rings. The van der Waals surface area contributed by atoms with Crippen molar-refractivity contribution < 1.29 is 4.39 Å². The van der Waals surface area contributed by atoms with Crippen molar-refractivity contribution in [3.05, 3.63) is 35.6 Å². The van der Waals surface area contributed by atoms with Crippen molar-refractivity contribution in [2.24, 2.45) is 0 Å². The molecule has 2 heteroatoms. The van der Waals surface area contributed by atoms with Crippen molar-refractivity contribution in [2.75, 3.05) is 13.6 Å². The lowest BCUT2D eigenvalue weighted by atomic mass is 9.93. The van der Waals surface area contributed by atoms with Gasteiger partial charge in [-0.3, -0.25) is 0 Å². The summed E-state index contributed by atoms with van der Waals surface area (Å²) in [4.78, 5) is 0. The number of benzene rings is 1. The first-order chi connectivity index (χ1) is 6.77. The zero-order valence-electron chi connectivity index (χ0n) is 8.89. The molecule has 0 aliphatic heterocycles. The zero-order valence-corrected chi connectivity index (χ0v) is 8.89. The summed E-state index contributed by atoms with van der Waals surface area (Å²) >= 11 is 0. The molecule has 78 valence electrons. The molecule has 1 rings (SSSR count). The molecular formula is C12H18FN. The summed E-state index contributed by atoms with van der Waals surface area (Å²) in [7, 11) is 1.94. The lowest BCUT2D eigenvalue weighted by molar-refractivity contribution is 0.571. The summed E-state index contributed by atoms with van der Waals surface area (Å²) in [6.45, 7) is 3.13. The molecule has 1 nitrogen and oxygen atoms in total. The van der Waals surface area contributed by atoms with Gasteiger partial charge in [0.1, 0.15) is 5.82 Å². The quantitative estimate of drug-likeness (QED) is 0.761. The molecule has 0 amide bonds. The van der Waals surface area contributed by atoms with Gasteiger partial charge in [-0.1, -0.05) is 19.1 Å². The Hall–Kier alpha value is -0.890. The van der Waals surface area contributed by atoms with Crippen molar-refractivity contribution in [2.45, 2.75) is 25.7 Å². The molecular weight excluding hydrogens is 177 g/mol. The van der Waals surface area contributed by atoms with Crippen molar-refractivity contribution in [1.82, 2.24) is 5.32 Å². The Morgan fingerprint density at radius 3 is 2.79 bits per heavy atom. The van der Waals surface area contributed by atoms with Gasteiger partial charge in [-0.2, -0.15) is 0 Å². The second-order valence-electron chi connectivity index (χ2n) is 3.55. The third-order valence-corrected chi connectivity index (χ3v) is 2.56. The normalized spacial score (nSPS) is 12.8. The highest BCUT2D eigenvalue weighted by Crippen LogP contribution is 2.23. The molecule has 0 spiro atoms. The Bertz CT molecular complexity index is 273. The molecule has 1 aromatic carbocycles. The summed E-state index contributed by atoms with van der Waals surface area (Å²) in [5.41, 5.74) is 1.11. The van der Waals surface area contributed by atoms with Crippen molar-refractivity contribution >= 4 is 0 Å². The van der Waals surface area contributed by atoms with Crippen LogP contribution in [0.5, 0.6) is 0 Å². The minimum absolute atomic E-state index is 0.134. The van der Waals surface area contributed by atoms with Gasteiger partial charge in [0, 0.05) is 0 Å². The minimum Gasteiger partial charge on any atom is -0.320 e. The average Bonchev–Trinajstić information content (AvgIpc) is 2.19. The van der Waals surface area contributed by atoms with Crippen LogP contribution >= 0.6 is 0 Å². The molecule has 0 heterocycles. The summed E-state index contributed by atoms with van der Waals surface area (Å²) in [5, 5.41) is 3.12. The lowest BCUT2D eigenvalue weighted by Gasteiger charge is -2.14. The average molecular weight is 195 g/mol. The second-order valence-corrected chi connectivity index (χ2v) is 3.55. The Balaban J connectivity index is 2.68. The topological polar surface area (TPSA) is 12.0 Å². The van der Waals surface area contributed by atoms with E-state index in [1.165, 1.54) is 6.07 Å². The number of halogens is 1. The third kappa shape index (κ3) is 3.11. The van der Waals surface area contributed by atoms with Crippen LogP contribution in [0.2, 0.25) is 0 Å². The maximum absolute atomic E-state index is 13.0. The van der Waals surface area contributed by atoms with Gasteiger partial charge in [0.25, 0.3) is 0 Å². The van der Waals surface area contributed by atoms with Gasteiger partial charge in [-0.05, 0) is 50.0 Å². The molecule has 0 saturated heterocycles. The first kappa shape index (κ1) is 11.2. The SMILES string of the molecule is CCC(CCNC)c1cccc(F)c1. The van der Waals surface area contributed by atoms with Crippen LogP contribution in [-0.2, 0) is 0 Å². The second kappa shape index (κ2) is 5.76. The Morgan fingerprint density at radius 1 is 1.43 bits per heavy atom. The molecule has 0 radical (unpaired) electrons. The highest BCUT2D eigenvalue weighted by Gasteiger charge is 2.08. The van der Waals surface area contributed by atoms with Crippen LogP contribution in [0.15, 0.2) is 24.3 Å². The van der Waals surface area contributed by atoms with Crippen LogP contribution in [-0.4, -0.2) is 13.6 Å². The van der Waals surface area contributed by atoms with Gasteiger partial charge >= 0.3 is 0 Å². The van der Waals surface area contributed by atoms with Gasteiger partial charge in [0.2, 0.25) is 0 Å². The van der Waals surface area contributed by atoms with E-state index in [-0.39, 0.29) is 5.82 Å². The third-order valence-electron chi connectivity index (χ3n) is 2.56. The maximum Gasteiger partial charge on any atom is 0.123 e. The van der Waals surface area contributed by atoms with Crippen LogP contribution in [0.25, 0.3) is 0 Å². The number of nitrogens with one attached hydrogen (secondary N) is 1. The Morgan fingerprint density at radius 2 is 2.21 bits per heavy atom. The van der Waals surface area contributed by atoms with E-state index in [4.69, 9.17) is 0 Å². The van der Waals surface area contributed by atoms with Crippen molar-refractivity contribution in [1.29, 1.82) is 0 Å². The van der Waals surface area contributed by atoms with E-state index >= 15 is 0 Å². The fourth-order valence-corrected chi connectivity index (χ4v) is 1.69. The van der Waals surface area contributed by atoms with E-state index in [0.29, 0.717) is 5.92 Å². The largest absolute Gasteiger partial charge is 0.320 e. The van der Waals surface area contributed by atoms with E-state index in [0.717, 1.165) is 24.9 Å². The van der Waals surface area contributed by atoms with Gasteiger partial charge in [-0.15, -0.1) is 0 Å². The Kier molecular flexibility index (Phi) is 4.60. The molecule has 0 saturated carbocycles. The predicted molar refractivity (Wildman–Crippen MR) is 58.0 cm³/mol. The smallest absolute Gasteiger partial charge is 0.123 e. The molecule has 0 aliphatic carbocycles. The zero-order chi connectivity index (χ0) is 10.4. The molecule has 14 heavy (non-hydrogen) atoms. The molecule has 0 bridgehead atoms. The first-order valence-corrected chi connectivity index (χ1v) is 5.18. The van der Waals surface area contributed by atoms with E-state index in [1.54, 1.807) is 12.1 Å². The van der Waals surface area contributed by atoms with Gasteiger partial charge < -0.3 is 5.32 Å². The first-order valence-electron chi connectivity index (χ1n) is 5.18. The molecule has 0 aliphatic rings. The van der Waals surface area contributed by atoms with Gasteiger partial charge in [0.05, 0.1) is 0 Å². The minimum atomic E-state index is -0.134. The molecule has 1 atom stereocenters. The monoisotopic (exact) mass is 195 g/mol. The van der Waals surface area contributed by atoms with E-state index in [2.05, 4.69) is 12.2 Å². The molecule has 1 aromatic rings. The lowest BCUT2D eigenvalue weighted by Crippen LogP contribution is -2.12. The summed E-state index contributed by atoms with van der Waals surface area (Å²) < 4.78 is 13.0. The highest BCUT2D eigenvalue weighted by molar-refractivity contribution is 5.20. The fraction of sp³-hybridized carbons (Fsp3) is 0.500. The Labute approximate surface area is 85.3 Å². The summed E-state index contributed by atoms with van der Waals surface area (Å²) in [6, 6.07) is 6.93. The van der Waals surface area contributed by atoms with Gasteiger partial charge in [-0.25, -0.2) is 4.39 Å². The number of hydrogen-bond acceptors (Lipinski definition) is 1. The van der Waals surface area contributed by atoms with Gasteiger partial charge in [0.15, 0.2) is 0 Å².